The van der Waals surface area contributed by atoms with Gasteiger partial charge in [-0.05, 0) is 19.1 Å². The van der Waals surface area contributed by atoms with Crippen LogP contribution in [0.1, 0.15) is 19.2 Å². The van der Waals surface area contributed by atoms with Crippen molar-refractivity contribution >= 4 is 11.9 Å². The number of carbonyl (C=O) groups is 2. The number of rotatable bonds is 7. The van der Waals surface area contributed by atoms with Gasteiger partial charge in [0, 0.05) is 25.5 Å². The van der Waals surface area contributed by atoms with Crippen LogP contribution in [0.5, 0.6) is 0 Å². The molecule has 0 fully saturated rings. The predicted molar refractivity (Wildman–Crippen MR) is 80.1 cm³/mol. The fraction of sp³-hybridized carbons (Fsp3) is 0.312. The summed E-state index contributed by atoms with van der Waals surface area (Å²) in [6.07, 6.45) is 1.47. The monoisotopic (exact) mass is 338 g/mol. The van der Waals surface area contributed by atoms with Crippen molar-refractivity contribution in [3.63, 3.8) is 0 Å². The number of benzene rings is 1. The van der Waals surface area contributed by atoms with Gasteiger partial charge in [0.15, 0.2) is 11.7 Å². The van der Waals surface area contributed by atoms with Gasteiger partial charge in [-0.25, -0.2) is 13.8 Å². The molecule has 0 saturated heterocycles. The molecule has 0 aliphatic carbocycles. The lowest BCUT2D eigenvalue weighted by Gasteiger charge is -2.17. The minimum absolute atomic E-state index is 0.0208. The Labute approximate surface area is 136 Å². The van der Waals surface area contributed by atoms with Crippen LogP contribution in [0.2, 0.25) is 0 Å². The summed E-state index contributed by atoms with van der Waals surface area (Å²) in [7, 11) is 0. The van der Waals surface area contributed by atoms with E-state index in [4.69, 9.17) is 9.52 Å². The van der Waals surface area contributed by atoms with Crippen molar-refractivity contribution < 1.29 is 27.9 Å². The molecule has 0 unspecified atom stereocenters. The molecule has 0 radical (unpaired) electrons. The van der Waals surface area contributed by atoms with Gasteiger partial charge < -0.3 is 14.4 Å². The zero-order chi connectivity index (χ0) is 17.7. The van der Waals surface area contributed by atoms with E-state index in [0.29, 0.717) is 0 Å². The Morgan fingerprint density at radius 2 is 2.08 bits per heavy atom. The SMILES string of the molecule is CCN(CC(=O)O)C(=O)CCc1ncc(-c2ccc(F)cc2F)o1. The Balaban J connectivity index is 2.01. The summed E-state index contributed by atoms with van der Waals surface area (Å²) in [6.45, 7) is 1.59. The molecule has 1 N–H and O–H groups in total. The number of carboxylic acids is 1. The van der Waals surface area contributed by atoms with Gasteiger partial charge in [-0.3, -0.25) is 9.59 Å². The number of nitrogens with zero attached hydrogens (tertiary/aromatic N) is 2. The Hall–Kier alpha value is -2.77. The predicted octanol–water partition coefficient (Wildman–Crippen LogP) is 2.49. The van der Waals surface area contributed by atoms with E-state index in [9.17, 15) is 18.4 Å². The third-order valence-corrected chi connectivity index (χ3v) is 3.36. The maximum atomic E-state index is 13.7. The summed E-state index contributed by atoms with van der Waals surface area (Å²) in [5, 5.41) is 8.74. The first kappa shape index (κ1) is 17.6. The van der Waals surface area contributed by atoms with E-state index in [-0.39, 0.29) is 49.1 Å². The fourth-order valence-electron chi connectivity index (χ4n) is 2.15. The average molecular weight is 338 g/mol. The molecule has 2 rings (SSSR count). The molecule has 0 atom stereocenters. The third-order valence-electron chi connectivity index (χ3n) is 3.36. The number of halogens is 2. The number of hydrogen-bond acceptors (Lipinski definition) is 4. The van der Waals surface area contributed by atoms with Crippen LogP contribution in [-0.2, 0) is 16.0 Å². The maximum Gasteiger partial charge on any atom is 0.323 e. The number of amides is 1. The zero-order valence-corrected chi connectivity index (χ0v) is 13.0. The average Bonchev–Trinajstić information content (AvgIpc) is 2.98. The van der Waals surface area contributed by atoms with Gasteiger partial charge in [-0.1, -0.05) is 0 Å². The molecule has 8 heteroatoms. The van der Waals surface area contributed by atoms with Gasteiger partial charge in [0.05, 0.1) is 11.8 Å². The summed E-state index contributed by atoms with van der Waals surface area (Å²) < 4.78 is 32.0. The van der Waals surface area contributed by atoms with Gasteiger partial charge >= 0.3 is 5.97 Å². The standard InChI is InChI=1S/C16H16F2N2O4/c1-2-20(9-16(22)23)15(21)6-5-14-19-8-13(24-14)11-4-3-10(17)7-12(11)18/h3-4,7-8H,2,5-6,9H2,1H3,(H,22,23). The van der Waals surface area contributed by atoms with E-state index in [2.05, 4.69) is 4.98 Å². The van der Waals surface area contributed by atoms with Crippen molar-refractivity contribution in [2.24, 2.45) is 0 Å². The maximum absolute atomic E-state index is 13.7. The first-order chi connectivity index (χ1) is 11.4. The highest BCUT2D eigenvalue weighted by molar-refractivity contribution is 5.81. The minimum atomic E-state index is -1.09. The fourth-order valence-corrected chi connectivity index (χ4v) is 2.15. The Morgan fingerprint density at radius 1 is 1.33 bits per heavy atom. The molecule has 0 aliphatic heterocycles. The van der Waals surface area contributed by atoms with Gasteiger partial charge in [0.25, 0.3) is 0 Å². The minimum Gasteiger partial charge on any atom is -0.480 e. The molecular formula is C16H16F2N2O4. The summed E-state index contributed by atoms with van der Waals surface area (Å²) in [5.74, 6) is -2.55. The van der Waals surface area contributed by atoms with Crippen molar-refractivity contribution in [2.75, 3.05) is 13.1 Å². The third kappa shape index (κ3) is 4.37. The molecule has 0 bridgehead atoms. The second-order valence-electron chi connectivity index (χ2n) is 5.04. The van der Waals surface area contributed by atoms with Crippen molar-refractivity contribution in [3.8, 4) is 11.3 Å². The molecule has 0 spiro atoms. The van der Waals surface area contributed by atoms with E-state index >= 15 is 0 Å². The molecule has 128 valence electrons. The van der Waals surface area contributed by atoms with Crippen LogP contribution in [0.3, 0.4) is 0 Å². The molecule has 6 nitrogen and oxygen atoms in total. The lowest BCUT2D eigenvalue weighted by Crippen LogP contribution is -2.35. The molecule has 2 aromatic rings. The van der Waals surface area contributed by atoms with Gasteiger partial charge in [0.2, 0.25) is 5.91 Å². The molecular weight excluding hydrogens is 322 g/mol. The van der Waals surface area contributed by atoms with Crippen LogP contribution in [0.15, 0.2) is 28.8 Å². The van der Waals surface area contributed by atoms with Crippen molar-refractivity contribution in [1.29, 1.82) is 0 Å². The highest BCUT2D eigenvalue weighted by Crippen LogP contribution is 2.24. The lowest BCUT2D eigenvalue weighted by molar-refractivity contribution is -0.144. The van der Waals surface area contributed by atoms with Gasteiger partial charge in [-0.2, -0.15) is 0 Å². The number of aliphatic carboxylic acids is 1. The Bertz CT molecular complexity index is 745. The number of likely N-dealkylation sites (N-methyl/N-ethyl adjacent to an activating group) is 1. The van der Waals surface area contributed by atoms with Crippen LogP contribution in [-0.4, -0.2) is 40.0 Å². The summed E-state index contributed by atoms with van der Waals surface area (Å²) >= 11 is 0. The van der Waals surface area contributed by atoms with Gasteiger partial charge in [0.1, 0.15) is 18.2 Å². The second kappa shape index (κ2) is 7.67. The number of carboxylic acid groups (broad SMARTS) is 1. The van der Waals surface area contributed by atoms with Crippen molar-refractivity contribution in [2.45, 2.75) is 19.8 Å². The number of carbonyl (C=O) groups excluding carboxylic acids is 1. The van der Waals surface area contributed by atoms with E-state index in [1.807, 2.05) is 0 Å². The molecule has 0 aliphatic rings. The Kier molecular flexibility index (Phi) is 5.62. The summed E-state index contributed by atoms with van der Waals surface area (Å²) in [5.41, 5.74) is 0.0718. The van der Waals surface area contributed by atoms with E-state index in [1.54, 1.807) is 6.92 Å². The van der Waals surface area contributed by atoms with Gasteiger partial charge in [-0.15, -0.1) is 0 Å². The lowest BCUT2D eigenvalue weighted by atomic mass is 10.2. The normalized spacial score (nSPS) is 10.6. The number of aryl methyl sites for hydroxylation is 1. The Morgan fingerprint density at radius 3 is 2.71 bits per heavy atom. The highest BCUT2D eigenvalue weighted by Gasteiger charge is 2.17. The first-order valence-corrected chi connectivity index (χ1v) is 7.30. The molecule has 1 aromatic heterocycles. The smallest absolute Gasteiger partial charge is 0.323 e. The second-order valence-corrected chi connectivity index (χ2v) is 5.04. The van der Waals surface area contributed by atoms with Crippen LogP contribution in [0.25, 0.3) is 11.3 Å². The molecule has 24 heavy (non-hydrogen) atoms. The van der Waals surface area contributed by atoms with Crippen LogP contribution < -0.4 is 0 Å². The zero-order valence-electron chi connectivity index (χ0n) is 13.0. The summed E-state index contributed by atoms with van der Waals surface area (Å²) in [6, 6.07) is 3.09. The summed E-state index contributed by atoms with van der Waals surface area (Å²) in [4.78, 5) is 27.8. The highest BCUT2D eigenvalue weighted by atomic mass is 19.1. The van der Waals surface area contributed by atoms with E-state index in [1.165, 1.54) is 17.2 Å². The van der Waals surface area contributed by atoms with Crippen LogP contribution >= 0.6 is 0 Å². The molecule has 1 heterocycles. The van der Waals surface area contributed by atoms with E-state index in [0.717, 1.165) is 12.1 Å². The van der Waals surface area contributed by atoms with E-state index < -0.39 is 17.6 Å². The molecule has 0 saturated carbocycles. The topological polar surface area (TPSA) is 83.6 Å². The molecule has 1 amide bonds. The number of aromatic nitrogens is 1. The quantitative estimate of drug-likeness (QED) is 0.838. The number of oxazole rings is 1. The van der Waals surface area contributed by atoms with Crippen molar-refractivity contribution in [3.05, 3.63) is 41.9 Å². The van der Waals surface area contributed by atoms with Crippen molar-refractivity contribution in [1.82, 2.24) is 9.88 Å². The van der Waals surface area contributed by atoms with Crippen LogP contribution in [0.4, 0.5) is 8.78 Å². The number of hydrogen-bond donors (Lipinski definition) is 1. The first-order valence-electron chi connectivity index (χ1n) is 7.30. The molecule has 1 aromatic carbocycles. The van der Waals surface area contributed by atoms with Crippen LogP contribution in [0, 0.1) is 11.6 Å². The largest absolute Gasteiger partial charge is 0.480 e.